The van der Waals surface area contributed by atoms with Gasteiger partial charge in [0.15, 0.2) is 0 Å². The average Bonchev–Trinajstić information content (AvgIpc) is 2.80. The van der Waals surface area contributed by atoms with Crippen molar-refractivity contribution < 1.29 is 13.2 Å². The molecular formula is C15H17F3N2S. The summed E-state index contributed by atoms with van der Waals surface area (Å²) in [4.78, 5) is 4.32. The molecule has 1 aromatic heterocycles. The molecule has 1 N–H and O–H groups in total. The van der Waals surface area contributed by atoms with Crippen molar-refractivity contribution in [2.75, 3.05) is 6.54 Å². The van der Waals surface area contributed by atoms with Crippen molar-refractivity contribution in [1.82, 2.24) is 10.3 Å². The van der Waals surface area contributed by atoms with Gasteiger partial charge in [-0.05, 0) is 19.9 Å². The highest BCUT2D eigenvalue weighted by molar-refractivity contribution is 7.09. The summed E-state index contributed by atoms with van der Waals surface area (Å²) >= 11 is 1.45. The van der Waals surface area contributed by atoms with Gasteiger partial charge in [0.1, 0.15) is 17.5 Å². The van der Waals surface area contributed by atoms with E-state index in [9.17, 15) is 13.2 Å². The number of halogens is 3. The second-order valence-electron chi connectivity index (χ2n) is 4.88. The normalized spacial score (nSPS) is 12.6. The van der Waals surface area contributed by atoms with Gasteiger partial charge in [0.05, 0.1) is 5.01 Å². The van der Waals surface area contributed by atoms with Crippen molar-refractivity contribution in [2.24, 2.45) is 0 Å². The van der Waals surface area contributed by atoms with Crippen LogP contribution in [0.3, 0.4) is 0 Å². The third-order valence-electron chi connectivity index (χ3n) is 3.08. The van der Waals surface area contributed by atoms with E-state index >= 15 is 0 Å². The minimum Gasteiger partial charge on any atom is -0.309 e. The number of benzene rings is 1. The largest absolute Gasteiger partial charge is 0.309 e. The molecular weight excluding hydrogens is 297 g/mol. The van der Waals surface area contributed by atoms with Crippen LogP contribution in [0.15, 0.2) is 17.5 Å². The lowest BCUT2D eigenvalue weighted by atomic mass is 10.0. The SMILES string of the molecule is CCCNC(Cc1nc(C)cs1)c1c(F)cc(F)cc1F. The third kappa shape index (κ3) is 4.04. The fourth-order valence-corrected chi connectivity index (χ4v) is 2.97. The summed E-state index contributed by atoms with van der Waals surface area (Å²) in [7, 11) is 0. The van der Waals surface area contributed by atoms with Crippen molar-refractivity contribution in [3.05, 3.63) is 51.2 Å². The minimum absolute atomic E-state index is 0.127. The van der Waals surface area contributed by atoms with Crippen LogP contribution >= 0.6 is 11.3 Å². The van der Waals surface area contributed by atoms with Crippen LogP contribution in [0.4, 0.5) is 13.2 Å². The van der Waals surface area contributed by atoms with Crippen LogP contribution in [0.2, 0.25) is 0 Å². The first kappa shape index (κ1) is 16.0. The Morgan fingerprint density at radius 2 is 1.90 bits per heavy atom. The highest BCUT2D eigenvalue weighted by Crippen LogP contribution is 2.26. The number of thiazole rings is 1. The van der Waals surface area contributed by atoms with Crippen LogP contribution in [-0.4, -0.2) is 11.5 Å². The number of nitrogens with one attached hydrogen (secondary N) is 1. The highest BCUT2D eigenvalue weighted by atomic mass is 32.1. The molecule has 21 heavy (non-hydrogen) atoms. The molecule has 0 fully saturated rings. The number of nitrogens with zero attached hydrogens (tertiary/aromatic N) is 1. The summed E-state index contributed by atoms with van der Waals surface area (Å²) in [6.45, 7) is 4.45. The van der Waals surface area contributed by atoms with Crippen molar-refractivity contribution in [3.63, 3.8) is 0 Å². The lowest BCUT2D eigenvalue weighted by molar-refractivity contribution is 0.454. The molecule has 0 aliphatic carbocycles. The summed E-state index contributed by atoms with van der Waals surface area (Å²) < 4.78 is 41.0. The first-order valence-electron chi connectivity index (χ1n) is 6.80. The maximum atomic E-state index is 14.0. The Bertz CT molecular complexity index is 590. The first-order valence-corrected chi connectivity index (χ1v) is 7.68. The molecule has 2 rings (SSSR count). The fourth-order valence-electron chi connectivity index (χ4n) is 2.15. The average molecular weight is 314 g/mol. The van der Waals surface area contributed by atoms with E-state index in [4.69, 9.17) is 0 Å². The number of rotatable bonds is 6. The molecule has 0 radical (unpaired) electrons. The monoisotopic (exact) mass is 314 g/mol. The van der Waals surface area contributed by atoms with Crippen LogP contribution in [0, 0.1) is 24.4 Å². The Kier molecular flexibility index (Phi) is 5.36. The maximum Gasteiger partial charge on any atom is 0.133 e. The maximum absolute atomic E-state index is 14.0. The lowest BCUT2D eigenvalue weighted by Crippen LogP contribution is -2.26. The third-order valence-corrected chi connectivity index (χ3v) is 4.07. The molecule has 0 saturated heterocycles. The lowest BCUT2D eigenvalue weighted by Gasteiger charge is -2.19. The second kappa shape index (κ2) is 7.04. The van der Waals surface area contributed by atoms with E-state index in [1.807, 2.05) is 19.2 Å². The van der Waals surface area contributed by atoms with E-state index in [2.05, 4.69) is 10.3 Å². The summed E-state index contributed by atoms with van der Waals surface area (Å²) in [5, 5.41) is 5.80. The molecule has 0 saturated carbocycles. The predicted octanol–water partition coefficient (Wildman–Crippen LogP) is 4.15. The van der Waals surface area contributed by atoms with Gasteiger partial charge in [0.25, 0.3) is 0 Å². The molecule has 114 valence electrons. The van der Waals surface area contributed by atoms with Crippen LogP contribution in [0.25, 0.3) is 0 Å². The van der Waals surface area contributed by atoms with Crippen molar-refractivity contribution in [1.29, 1.82) is 0 Å². The van der Waals surface area contributed by atoms with E-state index in [1.165, 1.54) is 11.3 Å². The molecule has 1 aromatic carbocycles. The van der Waals surface area contributed by atoms with Crippen LogP contribution in [0.1, 0.15) is 35.7 Å². The summed E-state index contributed by atoms with van der Waals surface area (Å²) in [5.41, 5.74) is 0.752. The van der Waals surface area contributed by atoms with Gasteiger partial charge in [-0.1, -0.05) is 6.92 Å². The van der Waals surface area contributed by atoms with Gasteiger partial charge in [0, 0.05) is 41.2 Å². The minimum atomic E-state index is -0.909. The molecule has 0 spiro atoms. The Balaban J connectivity index is 2.31. The topological polar surface area (TPSA) is 24.9 Å². The zero-order chi connectivity index (χ0) is 15.4. The molecule has 0 amide bonds. The van der Waals surface area contributed by atoms with Gasteiger partial charge in [-0.3, -0.25) is 0 Å². The van der Waals surface area contributed by atoms with Crippen LogP contribution in [-0.2, 0) is 6.42 Å². The van der Waals surface area contributed by atoms with Gasteiger partial charge in [-0.25, -0.2) is 18.2 Å². The standard InChI is InChI=1S/C15H17F3N2S/c1-3-4-19-13(7-14-20-9(2)8-21-14)15-11(17)5-10(16)6-12(15)18/h5-6,8,13,19H,3-4,7H2,1-2H3. The van der Waals surface area contributed by atoms with Gasteiger partial charge in [0.2, 0.25) is 0 Å². The molecule has 6 heteroatoms. The summed E-state index contributed by atoms with van der Waals surface area (Å²) in [5.74, 6) is -2.64. The van der Waals surface area contributed by atoms with Crippen molar-refractivity contribution in [3.8, 4) is 0 Å². The Morgan fingerprint density at radius 3 is 2.43 bits per heavy atom. The molecule has 0 aliphatic rings. The van der Waals surface area contributed by atoms with E-state index in [0.29, 0.717) is 25.1 Å². The summed E-state index contributed by atoms with van der Waals surface area (Å²) in [6.07, 6.45) is 1.20. The summed E-state index contributed by atoms with van der Waals surface area (Å²) in [6, 6.07) is 0.870. The van der Waals surface area contributed by atoms with Gasteiger partial charge in [-0.2, -0.15) is 0 Å². The molecule has 1 atom stereocenters. The van der Waals surface area contributed by atoms with Gasteiger partial charge >= 0.3 is 0 Å². The second-order valence-corrected chi connectivity index (χ2v) is 5.82. The highest BCUT2D eigenvalue weighted by Gasteiger charge is 2.22. The van der Waals surface area contributed by atoms with E-state index in [0.717, 1.165) is 17.1 Å². The van der Waals surface area contributed by atoms with Gasteiger partial charge in [-0.15, -0.1) is 11.3 Å². The Morgan fingerprint density at radius 1 is 1.24 bits per heavy atom. The Labute approximate surface area is 126 Å². The van der Waals surface area contributed by atoms with E-state index < -0.39 is 23.5 Å². The first-order chi connectivity index (χ1) is 10.0. The van der Waals surface area contributed by atoms with Crippen molar-refractivity contribution in [2.45, 2.75) is 32.7 Å². The molecule has 2 aromatic rings. The smallest absolute Gasteiger partial charge is 0.133 e. The predicted molar refractivity (Wildman–Crippen MR) is 77.9 cm³/mol. The molecule has 1 heterocycles. The molecule has 0 aliphatic heterocycles. The quantitative estimate of drug-likeness (QED) is 0.866. The molecule has 0 bridgehead atoms. The van der Waals surface area contributed by atoms with E-state index in [1.54, 1.807) is 0 Å². The van der Waals surface area contributed by atoms with E-state index in [-0.39, 0.29) is 5.56 Å². The molecule has 1 unspecified atom stereocenters. The number of hydrogen-bond donors (Lipinski definition) is 1. The van der Waals surface area contributed by atoms with Crippen molar-refractivity contribution >= 4 is 11.3 Å². The number of aryl methyl sites for hydroxylation is 1. The zero-order valence-electron chi connectivity index (χ0n) is 11.9. The fraction of sp³-hybridized carbons (Fsp3) is 0.400. The van der Waals surface area contributed by atoms with Crippen LogP contribution in [0.5, 0.6) is 0 Å². The van der Waals surface area contributed by atoms with Crippen LogP contribution < -0.4 is 5.32 Å². The van der Waals surface area contributed by atoms with Gasteiger partial charge < -0.3 is 5.32 Å². The number of hydrogen-bond acceptors (Lipinski definition) is 3. The molecule has 2 nitrogen and oxygen atoms in total. The zero-order valence-corrected chi connectivity index (χ0v) is 12.7. The Hall–Kier alpha value is -1.40. The number of aromatic nitrogens is 1.